The van der Waals surface area contributed by atoms with E-state index in [0.29, 0.717) is 24.7 Å². The number of hydrogen-bond acceptors (Lipinski definition) is 5. The molecule has 3 rings (SSSR count). The Balaban J connectivity index is 1.45. The average Bonchev–Trinajstić information content (AvgIpc) is 2.91. The monoisotopic (exact) mass is 538 g/mol. The zero-order valence-corrected chi connectivity index (χ0v) is 22.6. The summed E-state index contributed by atoms with van der Waals surface area (Å²) in [6.45, 7) is 4.80. The number of carbonyl (C=O) groups is 2. The van der Waals surface area contributed by atoms with Crippen molar-refractivity contribution in [1.82, 2.24) is 15.6 Å². The number of nitrogens with one attached hydrogen (secondary N) is 3. The third kappa shape index (κ3) is 10.1. The third-order valence-corrected chi connectivity index (χ3v) is 6.27. The van der Waals surface area contributed by atoms with Crippen LogP contribution in [0.5, 0.6) is 5.75 Å². The molecule has 208 valence electrons. The zero-order valence-electron chi connectivity index (χ0n) is 22.6. The molecule has 0 saturated carbocycles. The number of rotatable bonds is 14. The van der Waals surface area contributed by atoms with Gasteiger partial charge in [0.15, 0.2) is 0 Å². The predicted molar refractivity (Wildman–Crippen MR) is 147 cm³/mol. The maximum absolute atomic E-state index is 13.4. The molecule has 0 aliphatic carbocycles. The van der Waals surface area contributed by atoms with Crippen LogP contribution in [-0.2, 0) is 29.0 Å². The Kier molecular flexibility index (Phi) is 11.4. The number of aromatic nitrogens is 1. The maximum Gasteiger partial charge on any atom is 0.248 e. The molecule has 0 fully saturated rings. The predicted octanol–water partition coefficient (Wildman–Crippen LogP) is 4.95. The van der Waals surface area contributed by atoms with E-state index in [9.17, 15) is 18.4 Å². The van der Waals surface area contributed by atoms with Crippen molar-refractivity contribution in [3.8, 4) is 5.75 Å². The van der Waals surface area contributed by atoms with Gasteiger partial charge in [-0.2, -0.15) is 0 Å². The lowest BCUT2D eigenvalue weighted by molar-refractivity contribution is -0.126. The summed E-state index contributed by atoms with van der Waals surface area (Å²) in [5, 5.41) is 8.92. The summed E-state index contributed by atoms with van der Waals surface area (Å²) in [5.41, 5.74) is 2.43. The Morgan fingerprint density at radius 3 is 2.26 bits per heavy atom. The number of anilines is 1. The number of ether oxygens (including phenoxy) is 1. The number of methoxy groups -OCH3 is 1. The number of pyridine rings is 1. The molecular weight excluding hydrogens is 502 g/mol. The number of amides is 2. The summed E-state index contributed by atoms with van der Waals surface area (Å²) in [7, 11) is 1.65. The van der Waals surface area contributed by atoms with E-state index < -0.39 is 29.5 Å². The molecule has 1 aromatic heterocycles. The number of halogens is 2. The topological polar surface area (TPSA) is 92.4 Å². The van der Waals surface area contributed by atoms with Gasteiger partial charge in [-0.25, -0.2) is 13.8 Å². The van der Waals surface area contributed by atoms with Gasteiger partial charge in [0.25, 0.3) is 0 Å². The van der Waals surface area contributed by atoms with Gasteiger partial charge in [0, 0.05) is 24.8 Å². The largest absolute Gasteiger partial charge is 0.497 e. The van der Waals surface area contributed by atoms with Crippen LogP contribution in [0, 0.1) is 11.6 Å². The van der Waals surface area contributed by atoms with Crippen LogP contribution in [0.1, 0.15) is 49.8 Å². The normalized spacial score (nSPS) is 12.4. The standard InChI is InChI=1S/C30H36F2N4O3/c1-4-5-27(35-29(37)16-23-14-24(31)17-25(32)15-23)30(38)36-28-13-10-21(19-34-28)7-6-20(2)33-18-22-8-11-26(39-3)12-9-22/h8-15,17,19-20,27,33H,4-7,16,18H2,1-3H3,(H,35,37)(H,34,36,38). The number of hydrogen-bond donors (Lipinski definition) is 3. The first kappa shape index (κ1) is 29.7. The van der Waals surface area contributed by atoms with Crippen molar-refractivity contribution in [3.63, 3.8) is 0 Å². The molecule has 39 heavy (non-hydrogen) atoms. The minimum Gasteiger partial charge on any atom is -0.497 e. The Morgan fingerprint density at radius 1 is 0.949 bits per heavy atom. The second-order valence-corrected chi connectivity index (χ2v) is 9.57. The summed E-state index contributed by atoms with van der Waals surface area (Å²) < 4.78 is 32.0. The van der Waals surface area contributed by atoms with E-state index in [0.717, 1.165) is 48.9 Å². The van der Waals surface area contributed by atoms with E-state index >= 15 is 0 Å². The molecule has 2 aromatic carbocycles. The second-order valence-electron chi connectivity index (χ2n) is 9.57. The fourth-order valence-corrected chi connectivity index (χ4v) is 4.08. The van der Waals surface area contributed by atoms with Crippen molar-refractivity contribution >= 4 is 17.6 Å². The Morgan fingerprint density at radius 2 is 1.64 bits per heavy atom. The molecule has 0 saturated heterocycles. The summed E-state index contributed by atoms with van der Waals surface area (Å²) in [4.78, 5) is 29.6. The molecule has 2 amide bonds. The highest BCUT2D eigenvalue weighted by Gasteiger charge is 2.21. The van der Waals surface area contributed by atoms with Crippen molar-refractivity contribution in [2.45, 2.75) is 64.6 Å². The van der Waals surface area contributed by atoms with Crippen LogP contribution < -0.4 is 20.7 Å². The SMILES string of the molecule is CCCC(NC(=O)Cc1cc(F)cc(F)c1)C(=O)Nc1ccc(CCC(C)NCc2ccc(OC)cc2)cn1. The molecule has 3 aromatic rings. The van der Waals surface area contributed by atoms with Crippen molar-refractivity contribution in [2.24, 2.45) is 0 Å². The van der Waals surface area contributed by atoms with Crippen LogP contribution in [0.2, 0.25) is 0 Å². The van der Waals surface area contributed by atoms with Gasteiger partial charge in [0.05, 0.1) is 13.5 Å². The Labute approximate surface area is 228 Å². The lowest BCUT2D eigenvalue weighted by Crippen LogP contribution is -2.44. The van der Waals surface area contributed by atoms with Crippen LogP contribution in [0.15, 0.2) is 60.8 Å². The van der Waals surface area contributed by atoms with Gasteiger partial charge in [-0.05, 0) is 73.2 Å². The van der Waals surface area contributed by atoms with Crippen molar-refractivity contribution in [3.05, 3.63) is 89.1 Å². The first-order valence-corrected chi connectivity index (χ1v) is 13.1. The Hall–Kier alpha value is -3.85. The summed E-state index contributed by atoms with van der Waals surface area (Å²) in [6.07, 6.45) is 4.31. The quantitative estimate of drug-likeness (QED) is 0.270. The van der Waals surface area contributed by atoms with Crippen LogP contribution in [-0.4, -0.2) is 36.0 Å². The lowest BCUT2D eigenvalue weighted by atomic mass is 10.1. The van der Waals surface area contributed by atoms with E-state index in [1.807, 2.05) is 37.3 Å². The molecule has 2 unspecified atom stereocenters. The van der Waals surface area contributed by atoms with Crippen LogP contribution in [0.25, 0.3) is 0 Å². The molecule has 2 atom stereocenters. The fourth-order valence-electron chi connectivity index (χ4n) is 4.08. The van der Waals surface area contributed by atoms with Gasteiger partial charge >= 0.3 is 0 Å². The van der Waals surface area contributed by atoms with Gasteiger partial charge < -0.3 is 20.7 Å². The molecule has 0 radical (unpaired) electrons. The van der Waals surface area contributed by atoms with Crippen molar-refractivity contribution in [1.29, 1.82) is 0 Å². The molecule has 9 heteroatoms. The highest BCUT2D eigenvalue weighted by Crippen LogP contribution is 2.13. The van der Waals surface area contributed by atoms with E-state index in [2.05, 4.69) is 27.9 Å². The van der Waals surface area contributed by atoms with Crippen LogP contribution in [0.3, 0.4) is 0 Å². The van der Waals surface area contributed by atoms with E-state index in [4.69, 9.17) is 4.74 Å². The van der Waals surface area contributed by atoms with Gasteiger partial charge in [0.2, 0.25) is 11.8 Å². The van der Waals surface area contributed by atoms with E-state index in [1.54, 1.807) is 19.4 Å². The minimum absolute atomic E-state index is 0.197. The highest BCUT2D eigenvalue weighted by molar-refractivity contribution is 5.96. The lowest BCUT2D eigenvalue weighted by Gasteiger charge is -2.18. The number of benzene rings is 2. The average molecular weight is 539 g/mol. The van der Waals surface area contributed by atoms with Crippen molar-refractivity contribution < 1.29 is 23.1 Å². The van der Waals surface area contributed by atoms with Gasteiger partial charge in [-0.1, -0.05) is 31.5 Å². The highest BCUT2D eigenvalue weighted by atomic mass is 19.1. The molecule has 3 N–H and O–H groups in total. The summed E-state index contributed by atoms with van der Waals surface area (Å²) in [5.74, 6) is -1.18. The number of carbonyl (C=O) groups excluding carboxylic acids is 2. The van der Waals surface area contributed by atoms with Gasteiger partial charge in [-0.15, -0.1) is 0 Å². The summed E-state index contributed by atoms with van der Waals surface area (Å²) in [6, 6.07) is 14.1. The molecule has 0 aliphatic rings. The van der Waals surface area contributed by atoms with Crippen molar-refractivity contribution in [2.75, 3.05) is 12.4 Å². The molecule has 0 bridgehead atoms. The summed E-state index contributed by atoms with van der Waals surface area (Å²) >= 11 is 0. The minimum atomic E-state index is -0.792. The molecular formula is C30H36F2N4O3. The molecule has 0 spiro atoms. The first-order valence-electron chi connectivity index (χ1n) is 13.1. The Bertz CT molecular complexity index is 1200. The zero-order chi connectivity index (χ0) is 28.2. The van der Waals surface area contributed by atoms with Gasteiger partial charge in [-0.3, -0.25) is 9.59 Å². The smallest absolute Gasteiger partial charge is 0.248 e. The molecule has 0 aliphatic heterocycles. The van der Waals surface area contributed by atoms with E-state index in [-0.39, 0.29) is 12.0 Å². The molecule has 1 heterocycles. The van der Waals surface area contributed by atoms with Crippen LogP contribution >= 0.6 is 0 Å². The fraction of sp³-hybridized carbons (Fsp3) is 0.367. The van der Waals surface area contributed by atoms with E-state index in [1.165, 1.54) is 5.56 Å². The third-order valence-electron chi connectivity index (χ3n) is 6.27. The second kappa shape index (κ2) is 14.9. The van der Waals surface area contributed by atoms with Gasteiger partial charge in [0.1, 0.15) is 29.2 Å². The molecule has 7 nitrogen and oxygen atoms in total. The maximum atomic E-state index is 13.4. The first-order chi connectivity index (χ1) is 18.7. The number of aryl methyl sites for hydroxylation is 1. The number of nitrogens with zero attached hydrogens (tertiary/aromatic N) is 1. The van der Waals surface area contributed by atoms with Crippen LogP contribution in [0.4, 0.5) is 14.6 Å².